The summed E-state index contributed by atoms with van der Waals surface area (Å²) in [6, 6.07) is 0. The largest absolute Gasteiger partial charge is 0.299 e. The van der Waals surface area contributed by atoms with Gasteiger partial charge >= 0.3 is 0 Å². The van der Waals surface area contributed by atoms with Crippen LogP contribution in [0.1, 0.15) is 58.3 Å². The van der Waals surface area contributed by atoms with Crippen LogP contribution >= 0.6 is 0 Å². The maximum absolute atomic E-state index is 12.3. The molecular formula is C18H22O2. The van der Waals surface area contributed by atoms with Crippen molar-refractivity contribution in [2.75, 3.05) is 0 Å². The average molecular weight is 270 g/mol. The molecule has 4 aliphatic rings. The van der Waals surface area contributed by atoms with E-state index in [4.69, 9.17) is 0 Å². The molecule has 0 amide bonds. The van der Waals surface area contributed by atoms with Gasteiger partial charge in [0.05, 0.1) is 0 Å². The molecule has 2 unspecified atom stereocenters. The Bertz CT molecular complexity index is 566. The van der Waals surface area contributed by atoms with E-state index in [1.54, 1.807) is 5.57 Å². The molecule has 2 saturated carbocycles. The first-order valence-electron chi connectivity index (χ1n) is 8.08. The molecule has 0 heterocycles. The van der Waals surface area contributed by atoms with E-state index in [9.17, 15) is 9.59 Å². The van der Waals surface area contributed by atoms with Gasteiger partial charge in [-0.2, -0.15) is 0 Å². The molecule has 0 bridgehead atoms. The fourth-order valence-electron chi connectivity index (χ4n) is 5.30. The van der Waals surface area contributed by atoms with Gasteiger partial charge in [-0.05, 0) is 67.6 Å². The lowest BCUT2D eigenvalue weighted by Crippen LogP contribution is -2.40. The summed E-state index contributed by atoms with van der Waals surface area (Å²) in [6.07, 6.45) is 9.76. The standard InChI is InChI=1S/C18H22O2/c1-18-9-8-14-13-5-3-12(19)10-11(13)2-4-15(14)16(18)6-7-17(18)20/h10,15-16H,2-9H2,1H3/t15?,16?,18-/m1/s1. The lowest BCUT2D eigenvalue weighted by Gasteiger charge is -2.46. The van der Waals surface area contributed by atoms with Gasteiger partial charge < -0.3 is 0 Å². The first-order chi connectivity index (χ1) is 9.59. The molecule has 106 valence electrons. The average Bonchev–Trinajstić information content (AvgIpc) is 2.74. The monoisotopic (exact) mass is 270 g/mol. The summed E-state index contributed by atoms with van der Waals surface area (Å²) in [5, 5.41) is 0. The number of carbonyl (C=O) groups is 2. The molecule has 2 heteroatoms. The molecule has 4 rings (SSSR count). The van der Waals surface area contributed by atoms with E-state index in [1.807, 2.05) is 6.08 Å². The van der Waals surface area contributed by atoms with E-state index in [0.29, 0.717) is 29.8 Å². The van der Waals surface area contributed by atoms with Crippen LogP contribution in [0.4, 0.5) is 0 Å². The summed E-state index contributed by atoms with van der Waals surface area (Å²) in [7, 11) is 0. The second-order valence-electron chi connectivity index (χ2n) is 7.27. The lowest BCUT2D eigenvalue weighted by molar-refractivity contribution is -0.128. The minimum absolute atomic E-state index is 0.0412. The van der Waals surface area contributed by atoms with E-state index in [0.717, 1.165) is 44.9 Å². The summed E-state index contributed by atoms with van der Waals surface area (Å²) >= 11 is 0. The predicted octanol–water partition coefficient (Wildman–Crippen LogP) is 3.76. The Morgan fingerprint density at radius 3 is 2.75 bits per heavy atom. The summed E-state index contributed by atoms with van der Waals surface area (Å²) in [4.78, 5) is 23.9. The third-order valence-electron chi connectivity index (χ3n) is 6.44. The third kappa shape index (κ3) is 1.57. The SMILES string of the molecule is C[C@@]12CCC3=C4CCC(=O)C=C4CCC3C1CCC2=O. The quantitative estimate of drug-likeness (QED) is 0.671. The van der Waals surface area contributed by atoms with Crippen molar-refractivity contribution in [3.8, 4) is 0 Å². The molecule has 2 nitrogen and oxygen atoms in total. The Morgan fingerprint density at radius 2 is 1.90 bits per heavy atom. The Balaban J connectivity index is 1.76. The predicted molar refractivity (Wildman–Crippen MR) is 77.1 cm³/mol. The van der Waals surface area contributed by atoms with Gasteiger partial charge in [-0.25, -0.2) is 0 Å². The molecule has 20 heavy (non-hydrogen) atoms. The molecule has 0 N–H and O–H groups in total. The van der Waals surface area contributed by atoms with Crippen molar-refractivity contribution in [1.82, 2.24) is 0 Å². The number of allylic oxidation sites excluding steroid dienone is 4. The van der Waals surface area contributed by atoms with Crippen molar-refractivity contribution >= 4 is 11.6 Å². The Labute approximate surface area is 120 Å². The maximum Gasteiger partial charge on any atom is 0.156 e. The van der Waals surface area contributed by atoms with Gasteiger partial charge in [0.15, 0.2) is 5.78 Å². The van der Waals surface area contributed by atoms with Crippen LogP contribution in [0, 0.1) is 17.3 Å². The fraction of sp³-hybridized carbons (Fsp3) is 0.667. The van der Waals surface area contributed by atoms with Crippen LogP contribution in [-0.2, 0) is 9.59 Å². The second-order valence-corrected chi connectivity index (χ2v) is 7.27. The number of hydrogen-bond acceptors (Lipinski definition) is 2. The van der Waals surface area contributed by atoms with Crippen molar-refractivity contribution in [3.05, 3.63) is 22.8 Å². The third-order valence-corrected chi connectivity index (χ3v) is 6.44. The van der Waals surface area contributed by atoms with Crippen LogP contribution < -0.4 is 0 Å². The van der Waals surface area contributed by atoms with Crippen molar-refractivity contribution in [2.45, 2.75) is 58.3 Å². The zero-order valence-electron chi connectivity index (χ0n) is 12.2. The smallest absolute Gasteiger partial charge is 0.156 e. The van der Waals surface area contributed by atoms with Crippen molar-refractivity contribution < 1.29 is 9.59 Å². The zero-order chi connectivity index (χ0) is 13.9. The number of fused-ring (bicyclic) bond motifs is 4. The van der Waals surface area contributed by atoms with E-state index < -0.39 is 0 Å². The van der Waals surface area contributed by atoms with Gasteiger partial charge in [0.25, 0.3) is 0 Å². The van der Waals surface area contributed by atoms with Crippen LogP contribution in [0.2, 0.25) is 0 Å². The maximum atomic E-state index is 12.3. The molecule has 0 spiro atoms. The minimum atomic E-state index is -0.0412. The number of carbonyl (C=O) groups excluding carboxylic acids is 2. The van der Waals surface area contributed by atoms with E-state index in [2.05, 4.69) is 6.92 Å². The van der Waals surface area contributed by atoms with Crippen LogP contribution in [0.25, 0.3) is 0 Å². The number of rotatable bonds is 0. The molecule has 4 aliphatic carbocycles. The summed E-state index contributed by atoms with van der Waals surface area (Å²) < 4.78 is 0. The van der Waals surface area contributed by atoms with Crippen molar-refractivity contribution in [1.29, 1.82) is 0 Å². The molecule has 0 aliphatic heterocycles. The van der Waals surface area contributed by atoms with Crippen molar-refractivity contribution in [2.24, 2.45) is 17.3 Å². The fourth-order valence-corrected chi connectivity index (χ4v) is 5.30. The molecular weight excluding hydrogens is 248 g/mol. The van der Waals surface area contributed by atoms with Crippen LogP contribution in [0.3, 0.4) is 0 Å². The summed E-state index contributed by atoms with van der Waals surface area (Å²) in [5.41, 5.74) is 4.40. The highest BCUT2D eigenvalue weighted by Gasteiger charge is 2.53. The van der Waals surface area contributed by atoms with Crippen molar-refractivity contribution in [3.63, 3.8) is 0 Å². The molecule has 0 saturated heterocycles. The highest BCUT2D eigenvalue weighted by atomic mass is 16.1. The Hall–Kier alpha value is -1.18. The minimum Gasteiger partial charge on any atom is -0.299 e. The second kappa shape index (κ2) is 4.16. The summed E-state index contributed by atoms with van der Waals surface area (Å²) in [5.74, 6) is 2.01. The van der Waals surface area contributed by atoms with Gasteiger partial charge in [0.1, 0.15) is 5.78 Å². The number of ketones is 2. The van der Waals surface area contributed by atoms with E-state index >= 15 is 0 Å². The van der Waals surface area contributed by atoms with Gasteiger partial charge in [-0.1, -0.05) is 12.5 Å². The van der Waals surface area contributed by atoms with Gasteiger partial charge in [-0.3, -0.25) is 9.59 Å². The zero-order valence-corrected chi connectivity index (χ0v) is 12.2. The highest BCUT2D eigenvalue weighted by molar-refractivity contribution is 5.93. The molecule has 0 aromatic rings. The number of hydrogen-bond donors (Lipinski definition) is 0. The molecule has 0 radical (unpaired) electrons. The molecule has 0 aromatic heterocycles. The topological polar surface area (TPSA) is 34.1 Å². The molecule has 2 fully saturated rings. The lowest BCUT2D eigenvalue weighted by atomic mass is 9.57. The van der Waals surface area contributed by atoms with Crippen LogP contribution in [-0.4, -0.2) is 11.6 Å². The Kier molecular flexibility index (Phi) is 2.61. The normalized spacial score (nSPS) is 40.1. The Morgan fingerprint density at radius 1 is 1.05 bits per heavy atom. The van der Waals surface area contributed by atoms with E-state index in [1.165, 1.54) is 11.1 Å². The first-order valence-corrected chi connectivity index (χ1v) is 8.08. The van der Waals surface area contributed by atoms with Gasteiger partial charge in [-0.15, -0.1) is 0 Å². The van der Waals surface area contributed by atoms with E-state index in [-0.39, 0.29) is 5.41 Å². The van der Waals surface area contributed by atoms with Crippen LogP contribution in [0.5, 0.6) is 0 Å². The van der Waals surface area contributed by atoms with Gasteiger partial charge in [0.2, 0.25) is 0 Å². The van der Waals surface area contributed by atoms with Crippen LogP contribution in [0.15, 0.2) is 22.8 Å². The molecule has 3 atom stereocenters. The highest BCUT2D eigenvalue weighted by Crippen LogP contribution is 2.58. The first kappa shape index (κ1) is 12.6. The van der Waals surface area contributed by atoms with Gasteiger partial charge in [0, 0.05) is 18.3 Å². The summed E-state index contributed by atoms with van der Waals surface area (Å²) in [6.45, 7) is 2.21. The molecule has 0 aromatic carbocycles. The number of Topliss-reactive ketones (excluding diaryl/α,β-unsaturated/α-hetero) is 1.